The third-order valence-electron chi connectivity index (χ3n) is 4.20. The largest absolute Gasteiger partial charge is 0.479 e. The summed E-state index contributed by atoms with van der Waals surface area (Å²) in [6.45, 7) is 4.55. The standard InChI is InChI=1S/C24H40O3/c1-3-5-6-7-8-9-10-11-12-13-14-15-16-17-18-19-20-21-22-27-23(4-2)24(25)26/h5-6,8-9,11-12,14-15,23H,3-4,7,10,13,16-22H2,1-2H3,(H,25,26)/b6-5-,9-8-,12-11-,15-14-/t23-/m1/s1. The second kappa shape index (κ2) is 20.7. The van der Waals surface area contributed by atoms with Gasteiger partial charge in [-0.05, 0) is 51.4 Å². The Bertz CT molecular complexity index is 447. The van der Waals surface area contributed by atoms with Crippen molar-refractivity contribution in [1.29, 1.82) is 0 Å². The van der Waals surface area contributed by atoms with Crippen molar-refractivity contribution < 1.29 is 14.6 Å². The zero-order valence-electron chi connectivity index (χ0n) is 17.4. The van der Waals surface area contributed by atoms with E-state index in [0.29, 0.717) is 13.0 Å². The zero-order valence-corrected chi connectivity index (χ0v) is 17.4. The first kappa shape index (κ1) is 25.4. The molecule has 0 fully saturated rings. The fourth-order valence-corrected chi connectivity index (χ4v) is 2.58. The smallest absolute Gasteiger partial charge is 0.332 e. The highest BCUT2D eigenvalue weighted by molar-refractivity contribution is 5.72. The molecule has 0 saturated carbocycles. The highest BCUT2D eigenvalue weighted by Gasteiger charge is 2.14. The molecule has 0 aromatic heterocycles. The SMILES string of the molecule is CC/C=C\C/C=C\C/C=C\C/C=C\CCCCCCCO[C@H](CC)C(=O)O. The van der Waals surface area contributed by atoms with Crippen molar-refractivity contribution in [2.75, 3.05) is 6.61 Å². The second-order valence-electron chi connectivity index (χ2n) is 6.66. The number of unbranched alkanes of at least 4 members (excludes halogenated alkanes) is 5. The van der Waals surface area contributed by atoms with Gasteiger partial charge in [0.25, 0.3) is 0 Å². The van der Waals surface area contributed by atoms with Crippen LogP contribution in [0.2, 0.25) is 0 Å². The third kappa shape index (κ3) is 19.0. The van der Waals surface area contributed by atoms with Gasteiger partial charge in [-0.3, -0.25) is 0 Å². The number of carboxylic acid groups (broad SMARTS) is 1. The van der Waals surface area contributed by atoms with Crippen molar-refractivity contribution >= 4 is 5.97 Å². The molecule has 154 valence electrons. The lowest BCUT2D eigenvalue weighted by molar-refractivity contribution is -0.150. The van der Waals surface area contributed by atoms with Crippen LogP contribution in [0, 0.1) is 0 Å². The molecule has 3 nitrogen and oxygen atoms in total. The topological polar surface area (TPSA) is 46.5 Å². The zero-order chi connectivity index (χ0) is 20.0. The molecule has 0 radical (unpaired) electrons. The molecule has 0 aromatic carbocycles. The van der Waals surface area contributed by atoms with Gasteiger partial charge in [0.2, 0.25) is 0 Å². The number of ether oxygens (including phenoxy) is 1. The molecule has 0 heterocycles. The Hall–Kier alpha value is -1.61. The minimum absolute atomic E-state index is 0.532. The highest BCUT2D eigenvalue weighted by Crippen LogP contribution is 2.08. The van der Waals surface area contributed by atoms with Gasteiger partial charge in [-0.15, -0.1) is 0 Å². The maximum Gasteiger partial charge on any atom is 0.332 e. The molecule has 27 heavy (non-hydrogen) atoms. The highest BCUT2D eigenvalue weighted by atomic mass is 16.5. The first-order chi connectivity index (χ1) is 13.2. The van der Waals surface area contributed by atoms with Crippen LogP contribution in [0.1, 0.15) is 84.5 Å². The predicted octanol–water partition coefficient (Wildman–Crippen LogP) is 7.01. The Kier molecular flexibility index (Phi) is 19.5. The van der Waals surface area contributed by atoms with Crippen LogP contribution >= 0.6 is 0 Å². The number of aliphatic carboxylic acids is 1. The first-order valence-electron chi connectivity index (χ1n) is 10.7. The molecule has 0 amide bonds. The van der Waals surface area contributed by atoms with Gasteiger partial charge in [0, 0.05) is 6.61 Å². The summed E-state index contributed by atoms with van der Waals surface area (Å²) in [5, 5.41) is 8.88. The van der Waals surface area contributed by atoms with Crippen molar-refractivity contribution in [2.24, 2.45) is 0 Å². The molecule has 1 atom stereocenters. The fourth-order valence-electron chi connectivity index (χ4n) is 2.58. The van der Waals surface area contributed by atoms with Crippen LogP contribution in [0.5, 0.6) is 0 Å². The van der Waals surface area contributed by atoms with E-state index >= 15 is 0 Å². The molecule has 0 bridgehead atoms. The van der Waals surface area contributed by atoms with E-state index in [2.05, 4.69) is 55.5 Å². The van der Waals surface area contributed by atoms with Crippen molar-refractivity contribution in [3.8, 4) is 0 Å². The van der Waals surface area contributed by atoms with Crippen molar-refractivity contribution in [3.05, 3.63) is 48.6 Å². The summed E-state index contributed by atoms with van der Waals surface area (Å²) in [6, 6.07) is 0. The second-order valence-corrected chi connectivity index (χ2v) is 6.66. The molecule has 0 rings (SSSR count). The van der Waals surface area contributed by atoms with Gasteiger partial charge >= 0.3 is 5.97 Å². The lowest BCUT2D eigenvalue weighted by Gasteiger charge is -2.10. The average molecular weight is 377 g/mol. The van der Waals surface area contributed by atoms with Crippen molar-refractivity contribution in [2.45, 2.75) is 90.6 Å². The number of allylic oxidation sites excluding steroid dienone is 8. The molecule has 0 aliphatic carbocycles. The van der Waals surface area contributed by atoms with E-state index in [-0.39, 0.29) is 0 Å². The van der Waals surface area contributed by atoms with Gasteiger partial charge in [0.1, 0.15) is 0 Å². The first-order valence-corrected chi connectivity index (χ1v) is 10.7. The lowest BCUT2D eigenvalue weighted by Crippen LogP contribution is -2.23. The molecule has 0 aliphatic heterocycles. The van der Waals surface area contributed by atoms with Crippen LogP contribution in [0.25, 0.3) is 0 Å². The van der Waals surface area contributed by atoms with Gasteiger partial charge in [-0.25, -0.2) is 4.79 Å². The van der Waals surface area contributed by atoms with Gasteiger partial charge in [-0.1, -0.05) is 81.7 Å². The van der Waals surface area contributed by atoms with E-state index in [1.54, 1.807) is 0 Å². The molecule has 1 N–H and O–H groups in total. The Morgan fingerprint density at radius 1 is 0.778 bits per heavy atom. The van der Waals surface area contributed by atoms with Gasteiger partial charge in [-0.2, -0.15) is 0 Å². The Balaban J connectivity index is 3.39. The average Bonchev–Trinajstić information content (AvgIpc) is 2.66. The minimum atomic E-state index is -0.851. The molecule has 0 saturated heterocycles. The maximum atomic E-state index is 10.8. The summed E-state index contributed by atoms with van der Waals surface area (Å²) in [6.07, 6.45) is 28.7. The Morgan fingerprint density at radius 3 is 1.85 bits per heavy atom. The number of hydrogen-bond donors (Lipinski definition) is 1. The normalized spacial score (nSPS) is 13.6. The summed E-state index contributed by atoms with van der Waals surface area (Å²) < 4.78 is 5.36. The van der Waals surface area contributed by atoms with E-state index in [1.165, 1.54) is 19.3 Å². The quantitative estimate of drug-likeness (QED) is 0.207. The molecule has 0 unspecified atom stereocenters. The summed E-state index contributed by atoms with van der Waals surface area (Å²) >= 11 is 0. The van der Waals surface area contributed by atoms with Crippen LogP contribution in [0.4, 0.5) is 0 Å². The molecule has 0 aliphatic rings. The van der Waals surface area contributed by atoms with Crippen LogP contribution in [-0.2, 0) is 9.53 Å². The van der Waals surface area contributed by atoms with E-state index in [0.717, 1.165) is 44.9 Å². The van der Waals surface area contributed by atoms with Crippen molar-refractivity contribution in [3.63, 3.8) is 0 Å². The van der Waals surface area contributed by atoms with E-state index in [1.807, 2.05) is 6.92 Å². The fraction of sp³-hybridized carbons (Fsp3) is 0.625. The summed E-state index contributed by atoms with van der Waals surface area (Å²) in [5.74, 6) is -0.851. The lowest BCUT2D eigenvalue weighted by atomic mass is 10.1. The third-order valence-corrected chi connectivity index (χ3v) is 4.20. The number of hydrogen-bond acceptors (Lipinski definition) is 2. The van der Waals surface area contributed by atoms with Gasteiger partial charge in [0.05, 0.1) is 0 Å². The summed E-state index contributed by atoms with van der Waals surface area (Å²) in [4.78, 5) is 10.8. The molecule has 0 spiro atoms. The summed E-state index contributed by atoms with van der Waals surface area (Å²) in [5.41, 5.74) is 0. The van der Waals surface area contributed by atoms with E-state index in [4.69, 9.17) is 9.84 Å². The van der Waals surface area contributed by atoms with Crippen LogP contribution in [-0.4, -0.2) is 23.8 Å². The number of carboxylic acids is 1. The Labute approximate surface area is 166 Å². The van der Waals surface area contributed by atoms with Gasteiger partial charge < -0.3 is 9.84 Å². The van der Waals surface area contributed by atoms with Gasteiger partial charge in [0.15, 0.2) is 6.10 Å². The van der Waals surface area contributed by atoms with E-state index in [9.17, 15) is 4.79 Å². The Morgan fingerprint density at radius 2 is 1.30 bits per heavy atom. The van der Waals surface area contributed by atoms with Crippen LogP contribution in [0.3, 0.4) is 0 Å². The predicted molar refractivity (Wildman–Crippen MR) is 116 cm³/mol. The van der Waals surface area contributed by atoms with Crippen molar-refractivity contribution in [1.82, 2.24) is 0 Å². The van der Waals surface area contributed by atoms with Crippen LogP contribution in [0.15, 0.2) is 48.6 Å². The molecular formula is C24H40O3. The molecule has 0 aromatic rings. The van der Waals surface area contributed by atoms with E-state index < -0.39 is 12.1 Å². The minimum Gasteiger partial charge on any atom is -0.479 e. The number of rotatable bonds is 18. The molecule has 3 heteroatoms. The maximum absolute atomic E-state index is 10.8. The number of carbonyl (C=O) groups is 1. The molecular weight excluding hydrogens is 336 g/mol. The monoisotopic (exact) mass is 376 g/mol. The van der Waals surface area contributed by atoms with Crippen LogP contribution < -0.4 is 0 Å². The summed E-state index contributed by atoms with van der Waals surface area (Å²) in [7, 11) is 0.